The molecule has 0 aromatic carbocycles. The summed E-state index contributed by atoms with van der Waals surface area (Å²) < 4.78 is 18.4. The Labute approximate surface area is 161 Å². The molecule has 0 bridgehead atoms. The monoisotopic (exact) mass is 392 g/mol. The Kier molecular flexibility index (Phi) is 5.56. The lowest BCUT2D eigenvalue weighted by Gasteiger charge is -2.24. The van der Waals surface area contributed by atoms with E-state index in [-0.39, 0.29) is 36.8 Å². The molecule has 0 saturated carbocycles. The van der Waals surface area contributed by atoms with Crippen molar-refractivity contribution in [1.82, 2.24) is 14.5 Å². The van der Waals surface area contributed by atoms with E-state index < -0.39 is 5.60 Å². The topological polar surface area (TPSA) is 101 Å². The highest BCUT2D eigenvalue weighted by Gasteiger charge is 2.40. The van der Waals surface area contributed by atoms with E-state index in [4.69, 9.17) is 38.0 Å². The number of esters is 1. The van der Waals surface area contributed by atoms with Crippen LogP contribution in [0.4, 0.5) is 5.82 Å². The van der Waals surface area contributed by atoms with Crippen LogP contribution in [0.2, 0.25) is 5.28 Å². The summed E-state index contributed by atoms with van der Waals surface area (Å²) >= 11 is 5.92. The van der Waals surface area contributed by atoms with Gasteiger partial charge in [-0.05, 0) is 30.5 Å². The molecule has 1 saturated heterocycles. The van der Waals surface area contributed by atoms with Gasteiger partial charge in [0.15, 0.2) is 12.4 Å². The maximum absolute atomic E-state index is 11.5. The highest BCUT2D eigenvalue weighted by Crippen LogP contribution is 2.38. The second kappa shape index (κ2) is 7.72. The van der Waals surface area contributed by atoms with Gasteiger partial charge in [0, 0.05) is 6.20 Å². The molecule has 2 unspecified atom stereocenters. The molecule has 27 heavy (non-hydrogen) atoms. The number of carbonyl (C=O) groups is 1. The highest BCUT2D eigenvalue weighted by molar-refractivity contribution is 6.28. The summed E-state index contributed by atoms with van der Waals surface area (Å²) in [7, 11) is 0. The van der Waals surface area contributed by atoms with Crippen molar-refractivity contribution in [2.24, 2.45) is 5.92 Å². The predicted octanol–water partition coefficient (Wildman–Crippen LogP) is 2.52. The van der Waals surface area contributed by atoms with Gasteiger partial charge in [0.2, 0.25) is 5.28 Å². The molecular formula is C18H21ClN4O4. The number of anilines is 1. The van der Waals surface area contributed by atoms with Gasteiger partial charge in [-0.3, -0.25) is 4.79 Å². The van der Waals surface area contributed by atoms with Gasteiger partial charge in [0.25, 0.3) is 0 Å². The first-order valence-electron chi connectivity index (χ1n) is 8.55. The minimum atomic E-state index is -0.909. The Morgan fingerprint density at radius 1 is 1.59 bits per heavy atom. The Morgan fingerprint density at radius 3 is 3.07 bits per heavy atom. The van der Waals surface area contributed by atoms with Crippen molar-refractivity contribution < 1.29 is 19.0 Å². The molecule has 8 nitrogen and oxygen atoms in total. The summed E-state index contributed by atoms with van der Waals surface area (Å²) in [6, 6.07) is 1.81. The van der Waals surface area contributed by atoms with Gasteiger partial charge in [0.1, 0.15) is 17.7 Å². The van der Waals surface area contributed by atoms with Crippen LogP contribution in [-0.2, 0) is 19.0 Å². The van der Waals surface area contributed by atoms with Gasteiger partial charge in [-0.2, -0.15) is 4.98 Å². The lowest BCUT2D eigenvalue weighted by atomic mass is 10.0. The van der Waals surface area contributed by atoms with E-state index in [0.717, 1.165) is 0 Å². The number of rotatable bonds is 6. The SMILES string of the molecule is C#CC1(COCOC(=O)C(C)C)CCC(n2ccc3c(N)nc(Cl)nc32)O1. The molecule has 2 aromatic heterocycles. The van der Waals surface area contributed by atoms with E-state index in [1.54, 1.807) is 13.8 Å². The largest absolute Gasteiger partial charge is 0.438 e. The van der Waals surface area contributed by atoms with Crippen molar-refractivity contribution in [2.75, 3.05) is 19.1 Å². The van der Waals surface area contributed by atoms with Crippen LogP contribution in [0.5, 0.6) is 0 Å². The van der Waals surface area contributed by atoms with Crippen LogP contribution in [0.25, 0.3) is 11.0 Å². The van der Waals surface area contributed by atoms with E-state index in [9.17, 15) is 4.79 Å². The minimum Gasteiger partial charge on any atom is -0.438 e. The molecule has 9 heteroatoms. The number of fused-ring (bicyclic) bond motifs is 1. The molecule has 2 aromatic rings. The highest BCUT2D eigenvalue weighted by atomic mass is 35.5. The summed E-state index contributed by atoms with van der Waals surface area (Å²) in [6.07, 6.45) is 8.41. The molecule has 0 amide bonds. The number of terminal acetylenes is 1. The molecule has 2 N–H and O–H groups in total. The molecule has 1 fully saturated rings. The fraction of sp³-hybridized carbons (Fsp3) is 0.500. The molecule has 0 aliphatic carbocycles. The van der Waals surface area contributed by atoms with Crippen molar-refractivity contribution in [3.05, 3.63) is 17.5 Å². The zero-order chi connectivity index (χ0) is 19.6. The molecule has 3 rings (SSSR count). The standard InChI is InChI=1S/C18H21ClN4O4/c1-4-18(9-25-10-26-16(24)11(2)3)7-5-13(27-18)23-8-6-12-14(20)21-17(19)22-15(12)23/h1,6,8,11,13H,5,7,9-10H2,2-3H3,(H2,20,21,22). The second-order valence-corrected chi connectivity index (χ2v) is 7.01. The molecule has 144 valence electrons. The lowest BCUT2D eigenvalue weighted by Crippen LogP contribution is -2.33. The second-order valence-electron chi connectivity index (χ2n) is 6.67. The zero-order valence-electron chi connectivity index (χ0n) is 15.1. The van der Waals surface area contributed by atoms with E-state index in [2.05, 4.69) is 15.9 Å². The average Bonchev–Trinajstić information content (AvgIpc) is 3.23. The quantitative estimate of drug-likeness (QED) is 0.265. The first kappa shape index (κ1) is 19.4. The first-order valence-corrected chi connectivity index (χ1v) is 8.92. The van der Waals surface area contributed by atoms with Gasteiger partial charge in [-0.15, -0.1) is 6.42 Å². The summed E-state index contributed by atoms with van der Waals surface area (Å²) in [5.41, 5.74) is 5.56. The van der Waals surface area contributed by atoms with Crippen molar-refractivity contribution in [3.63, 3.8) is 0 Å². The van der Waals surface area contributed by atoms with E-state index >= 15 is 0 Å². The fourth-order valence-electron chi connectivity index (χ4n) is 2.92. The lowest BCUT2D eigenvalue weighted by molar-refractivity contribution is -0.166. The fourth-order valence-corrected chi connectivity index (χ4v) is 3.09. The summed E-state index contributed by atoms with van der Waals surface area (Å²) in [5, 5.41) is 0.759. The van der Waals surface area contributed by atoms with E-state index in [0.29, 0.717) is 29.7 Å². The number of hydrogen-bond donors (Lipinski definition) is 1. The Hall–Kier alpha value is -2.34. The van der Waals surface area contributed by atoms with Gasteiger partial charge in [-0.1, -0.05) is 19.8 Å². The summed E-state index contributed by atoms with van der Waals surface area (Å²) in [4.78, 5) is 19.7. The molecular weight excluding hydrogens is 372 g/mol. The number of nitrogens with zero attached hydrogens (tertiary/aromatic N) is 3. The third-order valence-corrected chi connectivity index (χ3v) is 4.56. The molecule has 0 radical (unpaired) electrons. The van der Waals surface area contributed by atoms with Crippen LogP contribution in [0.3, 0.4) is 0 Å². The number of carbonyl (C=O) groups excluding carboxylic acids is 1. The number of aromatic nitrogens is 3. The van der Waals surface area contributed by atoms with Crippen LogP contribution >= 0.6 is 11.6 Å². The minimum absolute atomic E-state index is 0.0662. The summed E-state index contributed by atoms with van der Waals surface area (Å²) in [6.45, 7) is 3.45. The van der Waals surface area contributed by atoms with Gasteiger partial charge < -0.3 is 24.5 Å². The third-order valence-electron chi connectivity index (χ3n) is 4.40. The Bertz CT molecular complexity index is 891. The predicted molar refractivity (Wildman–Crippen MR) is 99.6 cm³/mol. The smallest absolute Gasteiger partial charge is 0.310 e. The normalized spacial score (nSPS) is 22.3. The maximum atomic E-state index is 11.5. The van der Waals surface area contributed by atoms with Crippen molar-refractivity contribution in [1.29, 1.82) is 0 Å². The average molecular weight is 393 g/mol. The molecule has 1 aliphatic heterocycles. The van der Waals surface area contributed by atoms with Gasteiger partial charge >= 0.3 is 5.97 Å². The number of nitrogens with two attached hydrogens (primary N) is 1. The van der Waals surface area contributed by atoms with Crippen molar-refractivity contribution in [2.45, 2.75) is 38.5 Å². The van der Waals surface area contributed by atoms with E-state index in [1.807, 2.05) is 16.8 Å². The Morgan fingerprint density at radius 2 is 2.37 bits per heavy atom. The maximum Gasteiger partial charge on any atom is 0.310 e. The van der Waals surface area contributed by atoms with Crippen molar-refractivity contribution in [3.8, 4) is 12.3 Å². The molecule has 2 atom stereocenters. The third kappa shape index (κ3) is 4.00. The molecule has 0 spiro atoms. The van der Waals surface area contributed by atoms with Crippen LogP contribution in [0, 0.1) is 18.3 Å². The Balaban J connectivity index is 1.68. The molecule has 3 heterocycles. The number of ether oxygens (including phenoxy) is 3. The number of nitrogen functional groups attached to an aromatic ring is 1. The van der Waals surface area contributed by atoms with Gasteiger partial charge in [-0.25, -0.2) is 4.98 Å². The number of hydrogen-bond acceptors (Lipinski definition) is 7. The van der Waals surface area contributed by atoms with Crippen LogP contribution in [-0.4, -0.2) is 39.5 Å². The van der Waals surface area contributed by atoms with Crippen LogP contribution in [0.1, 0.15) is 32.9 Å². The van der Waals surface area contributed by atoms with Crippen LogP contribution < -0.4 is 5.73 Å². The van der Waals surface area contributed by atoms with E-state index in [1.165, 1.54) is 0 Å². The first-order chi connectivity index (χ1) is 12.8. The summed E-state index contributed by atoms with van der Waals surface area (Å²) in [5.74, 6) is 2.42. The van der Waals surface area contributed by atoms with Crippen molar-refractivity contribution >= 4 is 34.4 Å². The van der Waals surface area contributed by atoms with Crippen LogP contribution in [0.15, 0.2) is 12.3 Å². The molecule has 1 aliphatic rings. The number of halogens is 1. The zero-order valence-corrected chi connectivity index (χ0v) is 15.9. The van der Waals surface area contributed by atoms with Gasteiger partial charge in [0.05, 0.1) is 17.9 Å².